The molecule has 2 atom stereocenters. The monoisotopic (exact) mass is 345 g/mol. The second-order valence-corrected chi connectivity index (χ2v) is 7.15. The Morgan fingerprint density at radius 1 is 1.16 bits per heavy atom. The van der Waals surface area contributed by atoms with Gasteiger partial charge in [-0.3, -0.25) is 0 Å². The Kier molecular flexibility index (Phi) is 4.97. The molecule has 0 unspecified atom stereocenters. The number of likely N-dealkylation sites (tertiary alicyclic amines) is 1. The molecule has 3 aliphatic rings. The van der Waals surface area contributed by atoms with Gasteiger partial charge in [0, 0.05) is 18.5 Å². The zero-order valence-corrected chi connectivity index (χ0v) is 14.6. The average Bonchev–Trinajstić information content (AvgIpc) is 3.19. The molecule has 2 aliphatic heterocycles. The average molecular weight is 345 g/mol. The van der Waals surface area contributed by atoms with E-state index in [4.69, 9.17) is 9.47 Å². The molecule has 1 aliphatic carbocycles. The number of benzene rings is 1. The highest BCUT2D eigenvalue weighted by atomic mass is 16.6. The van der Waals surface area contributed by atoms with Crippen LogP contribution in [0.5, 0.6) is 11.5 Å². The van der Waals surface area contributed by atoms with Crippen molar-refractivity contribution in [3.8, 4) is 11.5 Å². The first-order valence-corrected chi connectivity index (χ1v) is 9.46. The molecular weight excluding hydrogens is 318 g/mol. The van der Waals surface area contributed by atoms with Crippen molar-refractivity contribution in [2.45, 2.75) is 37.6 Å². The number of fused-ring (bicyclic) bond motifs is 1. The Balaban J connectivity index is 1.17. The predicted molar refractivity (Wildman–Crippen MR) is 95.4 cm³/mol. The largest absolute Gasteiger partial charge is 0.486 e. The number of hydrogen-bond donors (Lipinski definition) is 2. The van der Waals surface area contributed by atoms with Gasteiger partial charge in [0.1, 0.15) is 13.2 Å². The number of nitrogens with zero attached hydrogens (tertiary/aromatic N) is 1. The molecule has 1 saturated carbocycles. The van der Waals surface area contributed by atoms with Crippen LogP contribution < -0.4 is 20.1 Å². The minimum absolute atomic E-state index is 0.0496. The molecule has 2 amide bonds. The summed E-state index contributed by atoms with van der Waals surface area (Å²) in [7, 11) is 0. The number of nitrogens with one attached hydrogen (secondary N) is 2. The fraction of sp³-hybridized carbons (Fsp3) is 0.632. The highest BCUT2D eigenvalue weighted by Gasteiger charge is 2.40. The summed E-state index contributed by atoms with van der Waals surface area (Å²) in [4.78, 5) is 14.5. The number of amides is 2. The van der Waals surface area contributed by atoms with Gasteiger partial charge in [0.25, 0.3) is 0 Å². The van der Waals surface area contributed by atoms with Gasteiger partial charge in [-0.05, 0) is 63.0 Å². The van der Waals surface area contributed by atoms with E-state index in [9.17, 15) is 4.79 Å². The van der Waals surface area contributed by atoms with Crippen molar-refractivity contribution in [3.05, 3.63) is 23.8 Å². The maximum atomic E-state index is 12.0. The lowest BCUT2D eigenvalue weighted by Crippen LogP contribution is -2.38. The van der Waals surface area contributed by atoms with Crippen LogP contribution in [-0.2, 0) is 0 Å². The number of carbonyl (C=O) groups is 1. The Morgan fingerprint density at radius 3 is 2.80 bits per heavy atom. The molecule has 25 heavy (non-hydrogen) atoms. The molecule has 1 aromatic carbocycles. The maximum Gasteiger partial charge on any atom is 0.315 e. The van der Waals surface area contributed by atoms with Crippen molar-refractivity contribution >= 4 is 6.03 Å². The van der Waals surface area contributed by atoms with Crippen molar-refractivity contribution in [1.82, 2.24) is 15.5 Å². The first kappa shape index (κ1) is 16.5. The quantitative estimate of drug-likeness (QED) is 0.775. The summed E-state index contributed by atoms with van der Waals surface area (Å²) >= 11 is 0. The van der Waals surface area contributed by atoms with E-state index < -0.39 is 0 Å². The van der Waals surface area contributed by atoms with E-state index in [-0.39, 0.29) is 12.1 Å². The van der Waals surface area contributed by atoms with E-state index >= 15 is 0 Å². The summed E-state index contributed by atoms with van der Waals surface area (Å²) < 4.78 is 11.2. The SMILES string of the molecule is O=C(NCCCN1CCCC1)N[C@@H]1C[C@H]1c1ccc2c(c1)OCCO2. The van der Waals surface area contributed by atoms with Crippen LogP contribution in [0.25, 0.3) is 0 Å². The van der Waals surface area contributed by atoms with E-state index in [1.54, 1.807) is 0 Å². The normalized spacial score (nSPS) is 24.8. The van der Waals surface area contributed by atoms with E-state index in [1.165, 1.54) is 31.5 Å². The maximum absolute atomic E-state index is 12.0. The second kappa shape index (κ2) is 7.52. The fourth-order valence-electron chi connectivity index (χ4n) is 3.74. The van der Waals surface area contributed by atoms with Gasteiger partial charge in [0.2, 0.25) is 0 Å². The molecule has 6 heteroatoms. The Morgan fingerprint density at radius 2 is 1.96 bits per heavy atom. The first-order chi connectivity index (χ1) is 12.3. The number of ether oxygens (including phenoxy) is 2. The number of carbonyl (C=O) groups excluding carboxylic acids is 1. The summed E-state index contributed by atoms with van der Waals surface area (Å²) in [5.74, 6) is 2.02. The van der Waals surface area contributed by atoms with Gasteiger partial charge in [0.15, 0.2) is 11.5 Å². The highest BCUT2D eigenvalue weighted by Crippen LogP contribution is 2.43. The van der Waals surface area contributed by atoms with Crippen LogP contribution >= 0.6 is 0 Å². The summed E-state index contributed by atoms with van der Waals surface area (Å²) in [6.45, 7) is 5.46. The molecule has 4 rings (SSSR count). The number of urea groups is 1. The molecule has 1 aromatic rings. The molecular formula is C19H27N3O3. The Labute approximate surface area is 148 Å². The molecule has 2 N–H and O–H groups in total. The molecule has 1 saturated heterocycles. The highest BCUT2D eigenvalue weighted by molar-refractivity contribution is 5.74. The molecule has 0 bridgehead atoms. The van der Waals surface area contributed by atoms with Crippen molar-refractivity contribution in [3.63, 3.8) is 0 Å². The van der Waals surface area contributed by atoms with Crippen molar-refractivity contribution in [2.24, 2.45) is 0 Å². The van der Waals surface area contributed by atoms with Crippen LogP contribution in [0.1, 0.15) is 37.2 Å². The minimum Gasteiger partial charge on any atom is -0.486 e. The van der Waals surface area contributed by atoms with Gasteiger partial charge < -0.3 is 25.0 Å². The third-order valence-electron chi connectivity index (χ3n) is 5.24. The van der Waals surface area contributed by atoms with E-state index in [0.717, 1.165) is 37.4 Å². The number of rotatable bonds is 6. The van der Waals surface area contributed by atoms with Gasteiger partial charge in [-0.1, -0.05) is 6.07 Å². The fourth-order valence-corrected chi connectivity index (χ4v) is 3.74. The molecule has 0 radical (unpaired) electrons. The lowest BCUT2D eigenvalue weighted by molar-refractivity contribution is 0.171. The van der Waals surface area contributed by atoms with Gasteiger partial charge >= 0.3 is 6.03 Å². The third-order valence-corrected chi connectivity index (χ3v) is 5.24. The van der Waals surface area contributed by atoms with E-state index in [0.29, 0.717) is 19.1 Å². The van der Waals surface area contributed by atoms with Gasteiger partial charge in [-0.2, -0.15) is 0 Å². The molecule has 0 spiro atoms. The number of hydrogen-bond acceptors (Lipinski definition) is 4. The van der Waals surface area contributed by atoms with Crippen LogP contribution in [0, 0.1) is 0 Å². The van der Waals surface area contributed by atoms with Crippen molar-refractivity contribution in [1.29, 1.82) is 0 Å². The molecule has 136 valence electrons. The van der Waals surface area contributed by atoms with Crippen LogP contribution in [0.4, 0.5) is 4.79 Å². The topological polar surface area (TPSA) is 62.8 Å². The lowest BCUT2D eigenvalue weighted by atomic mass is 10.1. The smallest absolute Gasteiger partial charge is 0.315 e. The molecule has 6 nitrogen and oxygen atoms in total. The summed E-state index contributed by atoms with van der Waals surface area (Å²) in [5.41, 5.74) is 1.21. The Bertz CT molecular complexity index is 616. The first-order valence-electron chi connectivity index (χ1n) is 9.46. The minimum atomic E-state index is -0.0496. The van der Waals surface area contributed by atoms with E-state index in [1.807, 2.05) is 6.07 Å². The van der Waals surface area contributed by atoms with Crippen LogP contribution in [0.15, 0.2) is 18.2 Å². The standard InChI is InChI=1S/C19H27N3O3/c23-19(20-6-3-9-22-7-1-2-8-22)21-16-13-15(16)14-4-5-17-18(12-14)25-11-10-24-17/h4-5,12,15-16H,1-3,6-11,13H2,(H2,20,21,23)/t15-,16+/m0/s1. The lowest BCUT2D eigenvalue weighted by Gasteiger charge is -2.19. The predicted octanol–water partition coefficient (Wildman–Crippen LogP) is 2.10. The summed E-state index contributed by atoms with van der Waals surface area (Å²) in [5, 5.41) is 6.05. The van der Waals surface area contributed by atoms with Crippen molar-refractivity contribution < 1.29 is 14.3 Å². The second-order valence-electron chi connectivity index (χ2n) is 7.15. The van der Waals surface area contributed by atoms with Gasteiger partial charge in [-0.15, -0.1) is 0 Å². The van der Waals surface area contributed by atoms with Gasteiger partial charge in [-0.25, -0.2) is 4.79 Å². The van der Waals surface area contributed by atoms with Gasteiger partial charge in [0.05, 0.1) is 0 Å². The zero-order valence-electron chi connectivity index (χ0n) is 14.6. The van der Waals surface area contributed by atoms with Crippen LogP contribution in [0.3, 0.4) is 0 Å². The summed E-state index contributed by atoms with van der Waals surface area (Å²) in [6, 6.07) is 6.27. The molecule has 0 aromatic heterocycles. The molecule has 2 heterocycles. The zero-order chi connectivity index (χ0) is 17.1. The third kappa shape index (κ3) is 4.18. The summed E-state index contributed by atoms with van der Waals surface area (Å²) in [6.07, 6.45) is 4.64. The van der Waals surface area contributed by atoms with Crippen LogP contribution in [-0.4, -0.2) is 56.4 Å². The van der Waals surface area contributed by atoms with E-state index in [2.05, 4.69) is 27.7 Å². The Hall–Kier alpha value is -1.95. The van der Waals surface area contributed by atoms with Crippen LogP contribution in [0.2, 0.25) is 0 Å². The van der Waals surface area contributed by atoms with Crippen molar-refractivity contribution in [2.75, 3.05) is 39.4 Å². The molecule has 2 fully saturated rings.